The van der Waals surface area contributed by atoms with Crippen LogP contribution in [0.5, 0.6) is 0 Å². The molecule has 3 aromatic carbocycles. The Bertz CT molecular complexity index is 1570. The van der Waals surface area contributed by atoms with Gasteiger partial charge >= 0.3 is 0 Å². The summed E-state index contributed by atoms with van der Waals surface area (Å²) < 4.78 is 15.3. The third kappa shape index (κ3) is 8.52. The fraction of sp³-hybridized carbons (Fsp3) is 0.226. The van der Waals surface area contributed by atoms with E-state index in [-0.39, 0.29) is 24.2 Å². The van der Waals surface area contributed by atoms with Crippen molar-refractivity contribution in [1.29, 1.82) is 5.26 Å². The molecule has 0 unspecified atom stereocenters. The Hall–Kier alpha value is -3.97. The Labute approximate surface area is 259 Å². The molecule has 0 aliphatic heterocycles. The van der Waals surface area contributed by atoms with Crippen molar-refractivity contribution in [3.8, 4) is 6.07 Å². The molecule has 0 aliphatic rings. The summed E-state index contributed by atoms with van der Waals surface area (Å²) >= 11 is 18.5. The maximum atomic E-state index is 13.4. The number of imidazole rings is 1. The molecule has 0 saturated carbocycles. The van der Waals surface area contributed by atoms with E-state index in [1.807, 2.05) is 40.7 Å². The average molecular weight is 624 g/mol. The number of carbonyl (C=O) groups is 1. The Morgan fingerprint density at radius 1 is 1.14 bits per heavy atom. The van der Waals surface area contributed by atoms with E-state index in [1.165, 1.54) is 12.1 Å². The topological polar surface area (TPSA) is 86.0 Å². The van der Waals surface area contributed by atoms with Crippen LogP contribution in [-0.2, 0) is 24.3 Å². The fourth-order valence-corrected chi connectivity index (χ4v) is 4.97. The lowest BCUT2D eigenvalue weighted by Gasteiger charge is -2.30. The number of benzene rings is 3. The van der Waals surface area contributed by atoms with E-state index in [9.17, 15) is 9.18 Å². The molecule has 216 valence electrons. The second kappa shape index (κ2) is 14.8. The first kappa shape index (κ1) is 31.0. The predicted octanol–water partition coefficient (Wildman–Crippen LogP) is 6.59. The van der Waals surface area contributed by atoms with Crippen molar-refractivity contribution in [1.82, 2.24) is 19.8 Å². The number of halogens is 3. The fourth-order valence-electron chi connectivity index (χ4n) is 4.34. The number of thiocarbonyl (C=S) groups is 1. The second-order valence-corrected chi connectivity index (χ2v) is 10.9. The van der Waals surface area contributed by atoms with E-state index < -0.39 is 0 Å². The number of nitriles is 1. The van der Waals surface area contributed by atoms with Crippen LogP contribution < -0.4 is 10.6 Å². The zero-order valence-electron chi connectivity index (χ0n) is 22.9. The molecule has 1 heterocycles. The maximum Gasteiger partial charge on any atom is 0.226 e. The Morgan fingerprint density at radius 2 is 1.88 bits per heavy atom. The average Bonchev–Trinajstić information content (AvgIpc) is 3.41. The summed E-state index contributed by atoms with van der Waals surface area (Å²) in [5.41, 5.74) is 3.77. The molecule has 1 amide bonds. The monoisotopic (exact) mass is 622 g/mol. The van der Waals surface area contributed by atoms with Gasteiger partial charge in [-0.15, -0.1) is 0 Å². The largest absolute Gasteiger partial charge is 0.351 e. The molecule has 1 aromatic heterocycles. The van der Waals surface area contributed by atoms with E-state index in [0.29, 0.717) is 52.5 Å². The van der Waals surface area contributed by atoms with Gasteiger partial charge in [-0.1, -0.05) is 54.4 Å². The van der Waals surface area contributed by atoms with Gasteiger partial charge in [0.2, 0.25) is 5.91 Å². The van der Waals surface area contributed by atoms with Gasteiger partial charge in [-0.2, -0.15) is 5.26 Å². The van der Waals surface area contributed by atoms with Crippen molar-refractivity contribution in [3.63, 3.8) is 0 Å². The molecule has 2 N–H and O–H groups in total. The zero-order chi connectivity index (χ0) is 30.1. The summed E-state index contributed by atoms with van der Waals surface area (Å²) in [5, 5.41) is 16.6. The van der Waals surface area contributed by atoms with Crippen molar-refractivity contribution in [2.75, 3.05) is 11.9 Å². The molecule has 0 aliphatic carbocycles. The van der Waals surface area contributed by atoms with E-state index in [0.717, 1.165) is 16.8 Å². The zero-order valence-corrected chi connectivity index (χ0v) is 25.2. The Morgan fingerprint density at radius 3 is 2.57 bits per heavy atom. The van der Waals surface area contributed by atoms with Crippen LogP contribution in [0.3, 0.4) is 0 Å². The van der Waals surface area contributed by atoms with Crippen molar-refractivity contribution >= 4 is 52.1 Å². The number of hydrogen-bond acceptors (Lipinski definition) is 4. The summed E-state index contributed by atoms with van der Waals surface area (Å²) in [4.78, 5) is 19.3. The third-order valence-corrected chi connectivity index (χ3v) is 7.87. The van der Waals surface area contributed by atoms with Gasteiger partial charge in [-0.25, -0.2) is 9.37 Å². The number of aromatic nitrogens is 2. The van der Waals surface area contributed by atoms with Gasteiger partial charge < -0.3 is 20.1 Å². The molecule has 42 heavy (non-hydrogen) atoms. The molecule has 0 fully saturated rings. The number of hydrogen-bond donors (Lipinski definition) is 2. The summed E-state index contributed by atoms with van der Waals surface area (Å²) in [6.45, 7) is 3.25. The molecule has 1 atom stereocenters. The summed E-state index contributed by atoms with van der Waals surface area (Å²) in [6, 6.07) is 20.5. The Kier molecular flexibility index (Phi) is 10.9. The first-order chi connectivity index (χ1) is 20.2. The normalized spacial score (nSPS) is 11.4. The van der Waals surface area contributed by atoms with E-state index in [2.05, 4.69) is 21.7 Å². The number of anilines is 1. The number of carbonyl (C=O) groups excluding carboxylic acids is 1. The molecule has 11 heteroatoms. The number of amides is 1. The summed E-state index contributed by atoms with van der Waals surface area (Å²) in [6.07, 6.45) is 4.16. The van der Waals surface area contributed by atoms with Gasteiger partial charge in [-0.3, -0.25) is 4.79 Å². The predicted molar refractivity (Wildman–Crippen MR) is 168 cm³/mol. The van der Waals surface area contributed by atoms with Crippen LogP contribution in [0.4, 0.5) is 10.1 Å². The lowest BCUT2D eigenvalue weighted by atomic mass is 10.1. The highest BCUT2D eigenvalue weighted by molar-refractivity contribution is 7.80. The van der Waals surface area contributed by atoms with Crippen LogP contribution >= 0.6 is 35.4 Å². The van der Waals surface area contributed by atoms with Crippen molar-refractivity contribution in [2.24, 2.45) is 0 Å². The highest BCUT2D eigenvalue weighted by atomic mass is 35.5. The van der Waals surface area contributed by atoms with Crippen LogP contribution in [-0.4, -0.2) is 38.1 Å². The van der Waals surface area contributed by atoms with Crippen molar-refractivity contribution in [3.05, 3.63) is 118 Å². The summed E-state index contributed by atoms with van der Waals surface area (Å²) in [5.74, 6) is -0.498. The van der Waals surface area contributed by atoms with Gasteiger partial charge in [0, 0.05) is 43.3 Å². The number of nitrogens with one attached hydrogen (secondary N) is 2. The van der Waals surface area contributed by atoms with Crippen LogP contribution in [0, 0.1) is 17.1 Å². The Balaban J connectivity index is 1.45. The smallest absolute Gasteiger partial charge is 0.226 e. The molecule has 4 aromatic rings. The molecular formula is C31H29Cl2FN6OS. The SMILES string of the molecule is CC[C@@H](CN(Cc1cccc(Cl)c1Cl)C(=S)Nc1ccc(F)cc1)NC(=O)Cc1cncn1Cc1ccc(C#N)cc1. The first-order valence-corrected chi connectivity index (χ1v) is 14.4. The second-order valence-electron chi connectivity index (χ2n) is 9.70. The van der Waals surface area contributed by atoms with Crippen molar-refractivity contribution in [2.45, 2.75) is 38.9 Å². The molecule has 0 radical (unpaired) electrons. The lowest BCUT2D eigenvalue weighted by molar-refractivity contribution is -0.121. The first-order valence-electron chi connectivity index (χ1n) is 13.3. The lowest BCUT2D eigenvalue weighted by Crippen LogP contribution is -2.47. The van der Waals surface area contributed by atoms with E-state index >= 15 is 0 Å². The quantitative estimate of drug-likeness (QED) is 0.184. The minimum atomic E-state index is -0.346. The number of nitrogens with zero attached hydrogens (tertiary/aromatic N) is 4. The van der Waals surface area contributed by atoms with Crippen LogP contribution in [0.15, 0.2) is 79.3 Å². The van der Waals surface area contributed by atoms with Gasteiger partial charge in [0.05, 0.1) is 34.4 Å². The van der Waals surface area contributed by atoms with Crippen LogP contribution in [0.2, 0.25) is 10.0 Å². The van der Waals surface area contributed by atoms with Crippen molar-refractivity contribution < 1.29 is 9.18 Å². The van der Waals surface area contributed by atoms with Gasteiger partial charge in [0.25, 0.3) is 0 Å². The highest BCUT2D eigenvalue weighted by Crippen LogP contribution is 2.27. The molecular weight excluding hydrogens is 594 g/mol. The standard InChI is InChI=1S/C31H29Cl2FN6OS/c1-2-25(37-29(41)14-27-16-36-20-40(27)17-22-8-6-21(15-35)7-9-22)19-39(18-23-4-3-5-28(32)30(23)33)31(42)38-26-12-10-24(34)11-13-26/h3-13,16,20,25H,2,14,17-19H2,1H3,(H,37,41)(H,38,42)/t25-/m0/s1. The summed E-state index contributed by atoms with van der Waals surface area (Å²) in [7, 11) is 0. The van der Waals surface area contributed by atoms with Gasteiger partial charge in [0.15, 0.2) is 5.11 Å². The molecule has 4 rings (SSSR count). The van der Waals surface area contributed by atoms with E-state index in [4.69, 9.17) is 40.7 Å². The molecule has 7 nitrogen and oxygen atoms in total. The third-order valence-electron chi connectivity index (χ3n) is 6.65. The highest BCUT2D eigenvalue weighted by Gasteiger charge is 2.20. The van der Waals surface area contributed by atoms with E-state index in [1.54, 1.807) is 42.9 Å². The molecule has 0 spiro atoms. The van der Waals surface area contributed by atoms with Gasteiger partial charge in [-0.05, 0) is 72.2 Å². The number of rotatable bonds is 11. The van der Waals surface area contributed by atoms with Gasteiger partial charge in [0.1, 0.15) is 5.82 Å². The van der Waals surface area contributed by atoms with Crippen LogP contribution in [0.25, 0.3) is 0 Å². The maximum absolute atomic E-state index is 13.4. The molecule has 0 bridgehead atoms. The minimum Gasteiger partial charge on any atom is -0.351 e. The molecule has 0 saturated heterocycles. The minimum absolute atomic E-state index is 0.144. The van der Waals surface area contributed by atoms with Crippen LogP contribution in [0.1, 0.15) is 35.7 Å².